The highest BCUT2D eigenvalue weighted by molar-refractivity contribution is 5.49. The summed E-state index contributed by atoms with van der Waals surface area (Å²) in [6.07, 6.45) is 3.50. The smallest absolute Gasteiger partial charge is 0.135 e. The predicted octanol–water partition coefficient (Wildman–Crippen LogP) is 1.34. The minimum atomic E-state index is 0.893. The minimum absolute atomic E-state index is 0.893. The number of anilines is 1. The lowest BCUT2D eigenvalue weighted by Gasteiger charge is -2.15. The first-order chi connectivity index (χ1) is 6.18. The molecule has 0 aromatic carbocycles. The standard InChI is InChI=1S/C10H15N3/c1-7-11-9-6-4-5-8(9)10(12-7)13(2)3/h4-6H2,1-3H3. The van der Waals surface area contributed by atoms with Gasteiger partial charge >= 0.3 is 0 Å². The molecule has 0 saturated heterocycles. The van der Waals surface area contributed by atoms with Crippen LogP contribution in [0.1, 0.15) is 23.5 Å². The van der Waals surface area contributed by atoms with E-state index in [2.05, 4.69) is 14.9 Å². The van der Waals surface area contributed by atoms with Gasteiger partial charge in [-0.15, -0.1) is 0 Å². The van der Waals surface area contributed by atoms with Crippen LogP contribution in [0.4, 0.5) is 5.82 Å². The number of aromatic nitrogens is 2. The molecule has 1 heterocycles. The minimum Gasteiger partial charge on any atom is -0.362 e. The molecule has 3 heteroatoms. The number of fused-ring (bicyclic) bond motifs is 1. The largest absolute Gasteiger partial charge is 0.362 e. The zero-order chi connectivity index (χ0) is 9.42. The lowest BCUT2D eigenvalue weighted by atomic mass is 10.2. The normalized spacial score (nSPS) is 14.4. The Morgan fingerprint density at radius 3 is 2.62 bits per heavy atom. The Morgan fingerprint density at radius 2 is 1.92 bits per heavy atom. The number of hydrogen-bond donors (Lipinski definition) is 0. The second-order valence-corrected chi connectivity index (χ2v) is 3.77. The number of hydrogen-bond acceptors (Lipinski definition) is 3. The summed E-state index contributed by atoms with van der Waals surface area (Å²) in [6.45, 7) is 1.96. The molecule has 70 valence electrons. The van der Waals surface area contributed by atoms with Gasteiger partial charge in [-0.1, -0.05) is 0 Å². The summed E-state index contributed by atoms with van der Waals surface area (Å²) < 4.78 is 0. The van der Waals surface area contributed by atoms with Crippen LogP contribution < -0.4 is 4.90 Å². The van der Waals surface area contributed by atoms with Crippen LogP contribution >= 0.6 is 0 Å². The molecular weight excluding hydrogens is 162 g/mol. The Balaban J connectivity index is 2.55. The van der Waals surface area contributed by atoms with Gasteiger partial charge in [0.1, 0.15) is 11.6 Å². The Bertz CT molecular complexity index is 331. The molecule has 0 saturated carbocycles. The topological polar surface area (TPSA) is 29.0 Å². The molecule has 13 heavy (non-hydrogen) atoms. The van der Waals surface area contributed by atoms with Gasteiger partial charge in [-0.05, 0) is 26.2 Å². The van der Waals surface area contributed by atoms with Crippen molar-refractivity contribution >= 4 is 5.82 Å². The van der Waals surface area contributed by atoms with Crippen molar-refractivity contribution in [3.8, 4) is 0 Å². The van der Waals surface area contributed by atoms with Crippen molar-refractivity contribution in [2.24, 2.45) is 0 Å². The van der Waals surface area contributed by atoms with E-state index in [1.165, 1.54) is 17.7 Å². The molecule has 1 aromatic rings. The van der Waals surface area contributed by atoms with Gasteiger partial charge in [0.2, 0.25) is 0 Å². The highest BCUT2D eigenvalue weighted by Crippen LogP contribution is 2.27. The average molecular weight is 177 g/mol. The van der Waals surface area contributed by atoms with E-state index >= 15 is 0 Å². The molecule has 1 aliphatic carbocycles. The van der Waals surface area contributed by atoms with Crippen molar-refractivity contribution in [3.63, 3.8) is 0 Å². The van der Waals surface area contributed by atoms with E-state index in [1.807, 2.05) is 21.0 Å². The third-order valence-corrected chi connectivity index (χ3v) is 2.45. The maximum absolute atomic E-state index is 4.46. The Kier molecular flexibility index (Phi) is 1.94. The SMILES string of the molecule is Cc1nc2c(c(N(C)C)n1)CCC2. The summed E-state index contributed by atoms with van der Waals surface area (Å²) >= 11 is 0. The molecular formula is C10H15N3. The predicted molar refractivity (Wildman–Crippen MR) is 53.1 cm³/mol. The molecule has 0 atom stereocenters. The summed E-state index contributed by atoms with van der Waals surface area (Å²) in [5.41, 5.74) is 2.62. The molecule has 2 rings (SSSR count). The first kappa shape index (κ1) is 8.48. The van der Waals surface area contributed by atoms with Crippen molar-refractivity contribution < 1.29 is 0 Å². The van der Waals surface area contributed by atoms with E-state index in [9.17, 15) is 0 Å². The van der Waals surface area contributed by atoms with Gasteiger partial charge in [-0.3, -0.25) is 0 Å². The number of aryl methyl sites for hydroxylation is 2. The maximum atomic E-state index is 4.46. The van der Waals surface area contributed by atoms with E-state index in [-0.39, 0.29) is 0 Å². The molecule has 1 aliphatic rings. The van der Waals surface area contributed by atoms with Crippen molar-refractivity contribution in [2.75, 3.05) is 19.0 Å². The summed E-state index contributed by atoms with van der Waals surface area (Å²) in [5.74, 6) is 2.00. The van der Waals surface area contributed by atoms with E-state index in [1.54, 1.807) is 0 Å². The van der Waals surface area contributed by atoms with Gasteiger partial charge in [0.25, 0.3) is 0 Å². The highest BCUT2D eigenvalue weighted by Gasteiger charge is 2.18. The highest BCUT2D eigenvalue weighted by atomic mass is 15.2. The van der Waals surface area contributed by atoms with Gasteiger partial charge in [-0.2, -0.15) is 0 Å². The molecule has 3 nitrogen and oxygen atoms in total. The van der Waals surface area contributed by atoms with Crippen LogP contribution in [-0.2, 0) is 12.8 Å². The van der Waals surface area contributed by atoms with E-state index in [0.29, 0.717) is 0 Å². The fraction of sp³-hybridized carbons (Fsp3) is 0.600. The Hall–Kier alpha value is -1.12. The monoisotopic (exact) mass is 177 g/mol. The molecule has 0 bridgehead atoms. The van der Waals surface area contributed by atoms with Crippen LogP contribution in [0.25, 0.3) is 0 Å². The molecule has 0 fully saturated rings. The lowest BCUT2D eigenvalue weighted by Crippen LogP contribution is -2.14. The molecule has 0 unspecified atom stereocenters. The van der Waals surface area contributed by atoms with Crippen molar-refractivity contribution in [1.29, 1.82) is 0 Å². The number of rotatable bonds is 1. The van der Waals surface area contributed by atoms with Crippen molar-refractivity contribution in [3.05, 3.63) is 17.1 Å². The lowest BCUT2D eigenvalue weighted by molar-refractivity contribution is 0.895. The first-order valence-electron chi connectivity index (χ1n) is 4.72. The second-order valence-electron chi connectivity index (χ2n) is 3.77. The molecule has 0 amide bonds. The summed E-state index contributed by atoms with van der Waals surface area (Å²) in [6, 6.07) is 0. The van der Waals surface area contributed by atoms with E-state index in [0.717, 1.165) is 24.5 Å². The molecule has 0 spiro atoms. The average Bonchev–Trinajstić information content (AvgIpc) is 2.49. The van der Waals surface area contributed by atoms with Crippen LogP contribution in [0.2, 0.25) is 0 Å². The zero-order valence-corrected chi connectivity index (χ0v) is 8.46. The zero-order valence-electron chi connectivity index (χ0n) is 8.46. The van der Waals surface area contributed by atoms with Gasteiger partial charge in [0.05, 0.1) is 0 Å². The molecule has 0 radical (unpaired) electrons. The van der Waals surface area contributed by atoms with Crippen LogP contribution in [0.3, 0.4) is 0 Å². The Labute approximate surface area is 78.8 Å². The number of nitrogens with zero attached hydrogens (tertiary/aromatic N) is 3. The Morgan fingerprint density at radius 1 is 1.15 bits per heavy atom. The van der Waals surface area contributed by atoms with Crippen LogP contribution in [0.5, 0.6) is 0 Å². The van der Waals surface area contributed by atoms with Crippen molar-refractivity contribution in [2.45, 2.75) is 26.2 Å². The van der Waals surface area contributed by atoms with Crippen LogP contribution in [0, 0.1) is 6.92 Å². The van der Waals surface area contributed by atoms with Gasteiger partial charge in [-0.25, -0.2) is 9.97 Å². The van der Waals surface area contributed by atoms with Gasteiger partial charge in [0.15, 0.2) is 0 Å². The maximum Gasteiger partial charge on any atom is 0.135 e. The molecule has 1 aromatic heterocycles. The van der Waals surface area contributed by atoms with Crippen LogP contribution in [0.15, 0.2) is 0 Å². The second kappa shape index (κ2) is 2.98. The van der Waals surface area contributed by atoms with E-state index < -0.39 is 0 Å². The summed E-state index contributed by atoms with van der Waals surface area (Å²) in [5, 5.41) is 0. The van der Waals surface area contributed by atoms with Gasteiger partial charge < -0.3 is 4.90 Å². The third-order valence-electron chi connectivity index (χ3n) is 2.45. The quantitative estimate of drug-likeness (QED) is 0.648. The fourth-order valence-electron chi connectivity index (χ4n) is 1.90. The third kappa shape index (κ3) is 1.39. The first-order valence-corrected chi connectivity index (χ1v) is 4.72. The summed E-state index contributed by atoms with van der Waals surface area (Å²) in [4.78, 5) is 11.0. The van der Waals surface area contributed by atoms with Crippen LogP contribution in [-0.4, -0.2) is 24.1 Å². The fourth-order valence-corrected chi connectivity index (χ4v) is 1.90. The molecule has 0 aliphatic heterocycles. The molecule has 0 N–H and O–H groups in total. The van der Waals surface area contributed by atoms with Crippen molar-refractivity contribution in [1.82, 2.24) is 9.97 Å². The summed E-state index contributed by atoms with van der Waals surface area (Å²) in [7, 11) is 4.08. The van der Waals surface area contributed by atoms with E-state index in [4.69, 9.17) is 0 Å². The van der Waals surface area contributed by atoms with Gasteiger partial charge in [0, 0.05) is 25.4 Å².